The zero-order valence-electron chi connectivity index (χ0n) is 12.7. The molecule has 2 aromatic heterocycles. The van der Waals surface area contributed by atoms with E-state index >= 15 is 0 Å². The van der Waals surface area contributed by atoms with Crippen LogP contribution >= 0.6 is 0 Å². The van der Waals surface area contributed by atoms with Crippen LogP contribution in [0.25, 0.3) is 11.5 Å². The van der Waals surface area contributed by atoms with Crippen molar-refractivity contribution in [3.63, 3.8) is 0 Å². The van der Waals surface area contributed by atoms with Crippen molar-refractivity contribution in [3.8, 4) is 11.5 Å². The van der Waals surface area contributed by atoms with E-state index < -0.39 is 29.9 Å². The van der Waals surface area contributed by atoms with Crippen molar-refractivity contribution in [1.29, 1.82) is 0 Å². The molecule has 2 heterocycles. The van der Waals surface area contributed by atoms with Crippen molar-refractivity contribution in [3.05, 3.63) is 30.2 Å². The first-order valence-corrected chi connectivity index (χ1v) is 6.64. The molecule has 0 bridgehead atoms. The molecular formula is C13H8F7N5O. The molecule has 6 nitrogen and oxygen atoms in total. The largest absolute Gasteiger partial charge is 0.460 e. The van der Waals surface area contributed by atoms with Crippen molar-refractivity contribution in [2.24, 2.45) is 0 Å². The average Bonchev–Trinajstić information content (AvgIpc) is 2.53. The molecule has 0 aliphatic rings. The summed E-state index contributed by atoms with van der Waals surface area (Å²) >= 11 is 0. The Morgan fingerprint density at radius 1 is 1.00 bits per heavy atom. The minimum Gasteiger partial charge on any atom is -0.289 e. The highest BCUT2D eigenvalue weighted by Gasteiger charge is 2.76. The summed E-state index contributed by atoms with van der Waals surface area (Å²) in [5, 5.41) is 1.15. The quantitative estimate of drug-likeness (QED) is 0.821. The van der Waals surface area contributed by atoms with Crippen molar-refractivity contribution < 1.29 is 35.5 Å². The summed E-state index contributed by atoms with van der Waals surface area (Å²) < 4.78 is 88.8. The summed E-state index contributed by atoms with van der Waals surface area (Å²) in [5.41, 5.74) is 0.126. The van der Waals surface area contributed by atoms with E-state index in [9.17, 15) is 35.5 Å². The zero-order valence-corrected chi connectivity index (χ0v) is 12.7. The van der Waals surface area contributed by atoms with Crippen LogP contribution in [0, 0.1) is 6.92 Å². The number of halogens is 7. The van der Waals surface area contributed by atoms with E-state index in [2.05, 4.69) is 19.9 Å². The maximum Gasteiger partial charge on any atom is 0.460 e. The molecule has 0 aliphatic heterocycles. The Hall–Kier alpha value is -2.86. The van der Waals surface area contributed by atoms with Crippen LogP contribution in [0.15, 0.2) is 24.4 Å². The van der Waals surface area contributed by atoms with Gasteiger partial charge in [0.15, 0.2) is 5.82 Å². The van der Waals surface area contributed by atoms with Crippen LogP contribution < -0.4 is 5.32 Å². The normalized spacial score (nSPS) is 12.8. The summed E-state index contributed by atoms with van der Waals surface area (Å²) in [6, 6.07) is 4.48. The molecule has 26 heavy (non-hydrogen) atoms. The van der Waals surface area contributed by atoms with Gasteiger partial charge in [0.2, 0.25) is 5.95 Å². The average molecular weight is 383 g/mol. The highest BCUT2D eigenvalue weighted by molar-refractivity contribution is 5.95. The molecule has 1 N–H and O–H groups in total. The fraction of sp³-hybridized carbons (Fsp3) is 0.308. The number of alkyl halides is 7. The Morgan fingerprint density at radius 3 is 2.19 bits per heavy atom. The molecule has 0 unspecified atom stereocenters. The molecule has 0 spiro atoms. The molecule has 0 atom stereocenters. The van der Waals surface area contributed by atoms with Gasteiger partial charge in [0.25, 0.3) is 0 Å². The first-order chi connectivity index (χ1) is 11.9. The number of pyridine rings is 1. The molecular weight excluding hydrogens is 375 g/mol. The number of rotatable bonds is 4. The number of anilines is 1. The van der Waals surface area contributed by atoms with E-state index in [4.69, 9.17) is 0 Å². The maximum absolute atomic E-state index is 13.3. The molecule has 0 aromatic carbocycles. The SMILES string of the molecule is Cc1nc(NC(=O)C(F)(F)C(F)(F)C(F)(F)F)nc(-c2ccccn2)n1. The molecule has 0 aliphatic carbocycles. The summed E-state index contributed by atoms with van der Waals surface area (Å²) in [6.45, 7) is 1.26. The van der Waals surface area contributed by atoms with Crippen LogP contribution in [0.2, 0.25) is 0 Å². The molecule has 0 saturated carbocycles. The lowest BCUT2D eigenvalue weighted by Crippen LogP contribution is -2.57. The van der Waals surface area contributed by atoms with E-state index in [1.165, 1.54) is 25.3 Å². The summed E-state index contributed by atoms with van der Waals surface area (Å²) in [7, 11) is 0. The number of carbonyl (C=O) groups is 1. The van der Waals surface area contributed by atoms with E-state index in [-0.39, 0.29) is 17.3 Å². The lowest BCUT2D eigenvalue weighted by molar-refractivity contribution is -0.343. The van der Waals surface area contributed by atoms with Gasteiger partial charge in [-0.2, -0.15) is 40.7 Å². The molecule has 0 saturated heterocycles. The Labute approximate surface area is 140 Å². The van der Waals surface area contributed by atoms with Crippen LogP contribution in [0.5, 0.6) is 0 Å². The predicted molar refractivity (Wildman–Crippen MR) is 72.4 cm³/mol. The second-order valence-electron chi connectivity index (χ2n) is 4.85. The fourth-order valence-corrected chi connectivity index (χ4v) is 1.65. The van der Waals surface area contributed by atoms with Crippen LogP contribution in [-0.2, 0) is 4.79 Å². The lowest BCUT2D eigenvalue weighted by atomic mass is 10.1. The molecule has 2 aromatic rings. The monoisotopic (exact) mass is 383 g/mol. The molecule has 140 valence electrons. The second-order valence-corrected chi connectivity index (χ2v) is 4.85. The zero-order chi connectivity index (χ0) is 19.8. The number of amides is 1. The van der Waals surface area contributed by atoms with Crippen molar-refractivity contribution in [1.82, 2.24) is 19.9 Å². The molecule has 0 fully saturated rings. The van der Waals surface area contributed by atoms with Gasteiger partial charge in [0.05, 0.1) is 0 Å². The summed E-state index contributed by atoms with van der Waals surface area (Å²) in [5.74, 6) is -16.9. The Bertz CT molecular complexity index is 810. The Kier molecular flexibility index (Phi) is 4.84. The van der Waals surface area contributed by atoms with Gasteiger partial charge >= 0.3 is 23.9 Å². The minimum absolute atomic E-state index is 0.123. The van der Waals surface area contributed by atoms with Gasteiger partial charge in [-0.3, -0.25) is 15.1 Å². The molecule has 2 rings (SSSR count). The maximum atomic E-state index is 13.3. The topological polar surface area (TPSA) is 80.7 Å². The van der Waals surface area contributed by atoms with E-state index in [0.29, 0.717) is 0 Å². The second kappa shape index (κ2) is 6.46. The standard InChI is InChI=1S/C13H8F7N5O/c1-6-22-8(7-4-2-3-5-21-7)24-10(23-6)25-9(26)11(14,15)12(16,17)13(18,19)20/h2-5H,1H3,(H,22,23,24,25,26). The van der Waals surface area contributed by atoms with Crippen LogP contribution in [0.1, 0.15) is 5.82 Å². The number of aromatic nitrogens is 4. The molecule has 1 amide bonds. The van der Waals surface area contributed by atoms with Gasteiger partial charge in [-0.15, -0.1) is 0 Å². The van der Waals surface area contributed by atoms with Gasteiger partial charge in [-0.05, 0) is 19.1 Å². The smallest absolute Gasteiger partial charge is 0.289 e. The van der Waals surface area contributed by atoms with E-state index in [0.717, 1.165) is 5.32 Å². The molecule has 13 heteroatoms. The van der Waals surface area contributed by atoms with Crippen LogP contribution in [0.3, 0.4) is 0 Å². The number of aryl methyl sites for hydroxylation is 1. The van der Waals surface area contributed by atoms with Gasteiger partial charge in [-0.25, -0.2) is 4.98 Å². The van der Waals surface area contributed by atoms with Crippen molar-refractivity contribution >= 4 is 11.9 Å². The fourth-order valence-electron chi connectivity index (χ4n) is 1.65. The summed E-state index contributed by atoms with van der Waals surface area (Å²) in [6.07, 6.45) is -5.30. The third kappa shape index (κ3) is 3.55. The van der Waals surface area contributed by atoms with Gasteiger partial charge in [0, 0.05) is 6.20 Å². The number of nitrogens with zero attached hydrogens (tertiary/aromatic N) is 4. The number of nitrogens with one attached hydrogen (secondary N) is 1. The minimum atomic E-state index is -6.64. The predicted octanol–water partition coefficient (Wildman–Crippen LogP) is 3.01. The molecule has 0 radical (unpaired) electrons. The van der Waals surface area contributed by atoms with Crippen molar-refractivity contribution in [2.75, 3.05) is 5.32 Å². The third-order valence-electron chi connectivity index (χ3n) is 2.90. The van der Waals surface area contributed by atoms with E-state index in [1.54, 1.807) is 6.07 Å². The first kappa shape index (κ1) is 19.5. The van der Waals surface area contributed by atoms with Crippen LogP contribution in [-0.4, -0.2) is 43.9 Å². The van der Waals surface area contributed by atoms with Crippen molar-refractivity contribution in [2.45, 2.75) is 24.9 Å². The first-order valence-electron chi connectivity index (χ1n) is 6.64. The van der Waals surface area contributed by atoms with Gasteiger partial charge in [-0.1, -0.05) is 6.07 Å². The highest BCUT2D eigenvalue weighted by atomic mass is 19.4. The van der Waals surface area contributed by atoms with E-state index in [1.807, 2.05) is 0 Å². The van der Waals surface area contributed by atoms with Crippen LogP contribution in [0.4, 0.5) is 36.7 Å². The van der Waals surface area contributed by atoms with Gasteiger partial charge in [0.1, 0.15) is 11.5 Å². The third-order valence-corrected chi connectivity index (χ3v) is 2.90. The highest BCUT2D eigenvalue weighted by Crippen LogP contribution is 2.46. The number of carbonyl (C=O) groups excluding carboxylic acids is 1. The number of hydrogen-bond donors (Lipinski definition) is 1. The summed E-state index contributed by atoms with van der Waals surface area (Å²) in [4.78, 5) is 25.9. The Morgan fingerprint density at radius 2 is 1.65 bits per heavy atom. The van der Waals surface area contributed by atoms with Gasteiger partial charge < -0.3 is 0 Å². The lowest BCUT2D eigenvalue weighted by Gasteiger charge is -2.26. The Balaban J connectivity index is 2.34. The number of hydrogen-bond acceptors (Lipinski definition) is 5.